The van der Waals surface area contributed by atoms with Crippen molar-refractivity contribution in [1.82, 2.24) is 15.3 Å². The van der Waals surface area contributed by atoms with Crippen LogP contribution in [0.3, 0.4) is 0 Å². The predicted molar refractivity (Wildman–Crippen MR) is 59.4 cm³/mol. The topological polar surface area (TPSA) is 40.7 Å². The molecule has 0 amide bonds. The lowest BCUT2D eigenvalue weighted by Gasteiger charge is -2.09. The average molecular weight is 235 g/mol. The molecule has 0 saturated carbocycles. The second-order valence-corrected chi connectivity index (χ2v) is 4.06. The van der Waals surface area contributed by atoms with Crippen LogP contribution >= 0.6 is 0 Å². The fourth-order valence-electron chi connectivity index (χ4n) is 2.03. The van der Waals surface area contributed by atoms with Gasteiger partial charge in [0.1, 0.15) is 17.5 Å². The first-order valence-corrected chi connectivity index (χ1v) is 5.48. The Morgan fingerprint density at radius 2 is 2.12 bits per heavy atom. The molecular formula is C12H11F2N3. The Morgan fingerprint density at radius 1 is 1.24 bits per heavy atom. The van der Waals surface area contributed by atoms with Crippen molar-refractivity contribution in [3.8, 4) is 11.4 Å². The van der Waals surface area contributed by atoms with E-state index in [2.05, 4.69) is 15.3 Å². The van der Waals surface area contributed by atoms with Crippen molar-refractivity contribution in [2.24, 2.45) is 0 Å². The van der Waals surface area contributed by atoms with Crippen LogP contribution in [0.5, 0.6) is 0 Å². The number of imidazole rings is 1. The largest absolute Gasteiger partial charge is 0.340 e. The van der Waals surface area contributed by atoms with Gasteiger partial charge in [-0.3, -0.25) is 0 Å². The zero-order chi connectivity index (χ0) is 11.8. The lowest BCUT2D eigenvalue weighted by Crippen LogP contribution is -2.23. The van der Waals surface area contributed by atoms with E-state index < -0.39 is 11.6 Å². The Morgan fingerprint density at radius 3 is 2.88 bits per heavy atom. The van der Waals surface area contributed by atoms with Crippen LogP contribution in [0.4, 0.5) is 8.78 Å². The number of nitrogens with zero attached hydrogens (tertiary/aromatic N) is 1. The minimum absolute atomic E-state index is 0.306. The van der Waals surface area contributed by atoms with Gasteiger partial charge in [-0.25, -0.2) is 13.8 Å². The minimum atomic E-state index is -0.593. The summed E-state index contributed by atoms with van der Waals surface area (Å²) in [6.07, 6.45) is 0.828. The van der Waals surface area contributed by atoms with E-state index in [9.17, 15) is 8.78 Å². The Labute approximate surface area is 96.9 Å². The van der Waals surface area contributed by atoms with Gasteiger partial charge < -0.3 is 10.3 Å². The van der Waals surface area contributed by atoms with Gasteiger partial charge in [0.15, 0.2) is 0 Å². The van der Waals surface area contributed by atoms with E-state index in [1.54, 1.807) is 0 Å². The number of halogens is 2. The normalized spacial score (nSPS) is 14.7. The van der Waals surface area contributed by atoms with Gasteiger partial charge in [-0.05, 0) is 12.1 Å². The number of fused-ring (bicyclic) bond motifs is 1. The summed E-state index contributed by atoms with van der Waals surface area (Å²) in [7, 11) is 0. The molecule has 2 aromatic rings. The summed E-state index contributed by atoms with van der Waals surface area (Å²) < 4.78 is 26.4. The lowest BCUT2D eigenvalue weighted by molar-refractivity contribution is 0.585. The van der Waals surface area contributed by atoms with Crippen molar-refractivity contribution in [1.29, 1.82) is 0 Å². The number of aromatic amines is 1. The fraction of sp³-hybridized carbons (Fsp3) is 0.250. The number of hydrogen-bond donors (Lipinski definition) is 2. The van der Waals surface area contributed by atoms with Crippen molar-refractivity contribution >= 4 is 0 Å². The van der Waals surface area contributed by atoms with Crippen LogP contribution in [-0.2, 0) is 13.0 Å². The van der Waals surface area contributed by atoms with E-state index >= 15 is 0 Å². The number of aromatic nitrogens is 2. The molecule has 1 aliphatic rings. The molecule has 0 spiro atoms. The minimum Gasteiger partial charge on any atom is -0.340 e. The summed E-state index contributed by atoms with van der Waals surface area (Å²) in [5.41, 5.74) is 2.25. The van der Waals surface area contributed by atoms with Crippen molar-refractivity contribution in [3.05, 3.63) is 41.2 Å². The van der Waals surface area contributed by atoms with Gasteiger partial charge in [-0.1, -0.05) is 0 Å². The van der Waals surface area contributed by atoms with Crippen molar-refractivity contribution < 1.29 is 8.78 Å². The van der Waals surface area contributed by atoms with Gasteiger partial charge in [-0.2, -0.15) is 0 Å². The number of hydrogen-bond acceptors (Lipinski definition) is 2. The van der Waals surface area contributed by atoms with Gasteiger partial charge in [0.05, 0.1) is 17.0 Å². The maximum Gasteiger partial charge on any atom is 0.140 e. The molecule has 3 nitrogen and oxygen atoms in total. The molecule has 0 fully saturated rings. The maximum absolute atomic E-state index is 13.6. The lowest BCUT2D eigenvalue weighted by atomic mass is 10.2. The van der Waals surface area contributed by atoms with Crippen molar-refractivity contribution in [2.75, 3.05) is 6.54 Å². The van der Waals surface area contributed by atoms with E-state index in [1.165, 1.54) is 12.1 Å². The number of H-pyrrole nitrogens is 1. The van der Waals surface area contributed by atoms with Gasteiger partial charge in [0.2, 0.25) is 0 Å². The molecule has 0 saturated heterocycles. The molecule has 0 aliphatic carbocycles. The maximum atomic E-state index is 13.6. The first-order chi connectivity index (χ1) is 8.24. The van der Waals surface area contributed by atoms with E-state index in [0.717, 1.165) is 30.4 Å². The smallest absolute Gasteiger partial charge is 0.140 e. The van der Waals surface area contributed by atoms with E-state index in [0.29, 0.717) is 17.9 Å². The Bertz CT molecular complexity index is 539. The molecule has 88 valence electrons. The highest BCUT2D eigenvalue weighted by Gasteiger charge is 2.16. The number of nitrogens with one attached hydrogen (secondary N) is 2. The summed E-state index contributed by atoms with van der Waals surface area (Å²) in [6.45, 7) is 1.59. The van der Waals surface area contributed by atoms with Crippen molar-refractivity contribution in [2.45, 2.75) is 13.0 Å². The van der Waals surface area contributed by atoms with Crippen LogP contribution in [0.2, 0.25) is 0 Å². The van der Waals surface area contributed by atoms with Crippen LogP contribution in [-0.4, -0.2) is 16.5 Å². The summed E-state index contributed by atoms with van der Waals surface area (Å²) in [4.78, 5) is 7.43. The monoisotopic (exact) mass is 235 g/mol. The Hall–Kier alpha value is -1.75. The summed E-state index contributed by atoms with van der Waals surface area (Å²) in [5.74, 6) is -0.704. The van der Waals surface area contributed by atoms with Gasteiger partial charge in [-0.15, -0.1) is 0 Å². The highest BCUT2D eigenvalue weighted by Crippen LogP contribution is 2.23. The van der Waals surface area contributed by atoms with Crippen LogP contribution in [0.25, 0.3) is 11.4 Å². The third-order valence-corrected chi connectivity index (χ3v) is 2.89. The predicted octanol–water partition coefficient (Wildman–Crippen LogP) is 2.00. The van der Waals surface area contributed by atoms with Crippen molar-refractivity contribution in [3.63, 3.8) is 0 Å². The van der Waals surface area contributed by atoms with Crippen LogP contribution in [0, 0.1) is 11.6 Å². The average Bonchev–Trinajstić information content (AvgIpc) is 2.72. The number of rotatable bonds is 1. The van der Waals surface area contributed by atoms with E-state index in [-0.39, 0.29) is 0 Å². The van der Waals surface area contributed by atoms with Gasteiger partial charge >= 0.3 is 0 Å². The molecule has 0 bridgehead atoms. The first-order valence-electron chi connectivity index (χ1n) is 5.48. The zero-order valence-corrected chi connectivity index (χ0v) is 9.06. The van der Waals surface area contributed by atoms with Crippen LogP contribution in [0.15, 0.2) is 18.2 Å². The summed E-state index contributed by atoms with van der Waals surface area (Å²) >= 11 is 0. The molecule has 2 heterocycles. The second-order valence-electron chi connectivity index (χ2n) is 4.06. The quantitative estimate of drug-likeness (QED) is 0.793. The third-order valence-electron chi connectivity index (χ3n) is 2.89. The molecule has 0 radical (unpaired) electrons. The van der Waals surface area contributed by atoms with Crippen LogP contribution < -0.4 is 5.32 Å². The number of benzene rings is 1. The van der Waals surface area contributed by atoms with Crippen LogP contribution in [0.1, 0.15) is 11.4 Å². The molecular weight excluding hydrogens is 224 g/mol. The molecule has 2 N–H and O–H groups in total. The molecule has 0 atom stereocenters. The molecule has 1 aliphatic heterocycles. The highest BCUT2D eigenvalue weighted by atomic mass is 19.1. The molecule has 1 aromatic carbocycles. The molecule has 5 heteroatoms. The van der Waals surface area contributed by atoms with E-state index in [1.807, 2.05) is 0 Å². The standard InChI is InChI=1S/C12H11F2N3/c13-7-1-2-8(9(14)5-7)12-16-10-3-4-15-6-11(10)17-12/h1-2,5,15H,3-4,6H2,(H,16,17). The van der Waals surface area contributed by atoms with Gasteiger partial charge in [0.25, 0.3) is 0 Å². The molecule has 0 unspecified atom stereocenters. The Kier molecular flexibility index (Phi) is 2.40. The fourth-order valence-corrected chi connectivity index (χ4v) is 2.03. The highest BCUT2D eigenvalue weighted by molar-refractivity contribution is 5.57. The summed E-state index contributed by atoms with van der Waals surface area (Å²) in [6, 6.07) is 3.51. The second kappa shape index (κ2) is 3.92. The van der Waals surface area contributed by atoms with E-state index in [4.69, 9.17) is 0 Å². The molecule has 1 aromatic heterocycles. The Balaban J connectivity index is 2.06. The molecule has 17 heavy (non-hydrogen) atoms. The molecule has 3 rings (SSSR count). The third kappa shape index (κ3) is 1.82. The zero-order valence-electron chi connectivity index (χ0n) is 9.06. The first kappa shape index (κ1) is 10.4. The van der Waals surface area contributed by atoms with Gasteiger partial charge in [0, 0.05) is 25.6 Å². The summed E-state index contributed by atoms with van der Waals surface area (Å²) in [5, 5.41) is 3.20. The SMILES string of the molecule is Fc1ccc(-c2nc3c([nH]2)CNCC3)c(F)c1.